The maximum Gasteiger partial charge on any atom is 0.398 e. The molecular formula is C14H14ClF4NO2S2. The van der Waals surface area contributed by atoms with E-state index in [0.29, 0.717) is 43.3 Å². The quantitative estimate of drug-likeness (QED) is 0.162. The van der Waals surface area contributed by atoms with Crippen LogP contribution in [0.3, 0.4) is 0 Å². The van der Waals surface area contributed by atoms with E-state index in [4.69, 9.17) is 25.8 Å². The van der Waals surface area contributed by atoms with Crippen LogP contribution in [0.5, 0.6) is 5.75 Å². The number of thioether (sulfide) groups is 1. The molecule has 0 unspecified atom stereocenters. The molecule has 0 aliphatic heterocycles. The molecule has 0 saturated heterocycles. The number of nitrogens with zero attached hydrogens (tertiary/aromatic N) is 1. The lowest BCUT2D eigenvalue weighted by Gasteiger charge is -2.11. The van der Waals surface area contributed by atoms with Gasteiger partial charge >= 0.3 is 6.18 Å². The third-order valence-electron chi connectivity index (χ3n) is 2.60. The molecule has 0 aliphatic rings. The fourth-order valence-corrected chi connectivity index (χ4v) is 2.86. The summed E-state index contributed by atoms with van der Waals surface area (Å²) in [4.78, 5) is 0.118. The molecule has 0 atom stereocenters. The SMILES string of the molecule is N#CSOCCCCCOc1cc(SCC(F)(F)F)c(Cl)cc1F. The van der Waals surface area contributed by atoms with Crippen molar-refractivity contribution in [2.24, 2.45) is 0 Å². The molecule has 0 N–H and O–H groups in total. The number of rotatable bonds is 10. The standard InChI is InChI=1S/C14H14ClF4NO2S2/c15-10-6-11(16)12(7-13(10)23-8-14(17,18)19)21-4-2-1-3-5-22-24-9-20/h6-7H,1-5,8H2. The second-order valence-electron chi connectivity index (χ2n) is 4.52. The van der Waals surface area contributed by atoms with Gasteiger partial charge in [0.15, 0.2) is 17.0 Å². The van der Waals surface area contributed by atoms with Crippen molar-refractivity contribution in [1.29, 1.82) is 5.26 Å². The first kappa shape index (κ1) is 21.2. The summed E-state index contributed by atoms with van der Waals surface area (Å²) in [6.07, 6.45) is -2.26. The van der Waals surface area contributed by atoms with Gasteiger partial charge in [-0.25, -0.2) is 4.39 Å². The highest BCUT2D eigenvalue weighted by Crippen LogP contribution is 2.36. The lowest BCUT2D eigenvalue weighted by Crippen LogP contribution is -2.10. The third-order valence-corrected chi connectivity index (χ3v) is 4.51. The Labute approximate surface area is 150 Å². The number of thiocyanates is 1. The fourth-order valence-electron chi connectivity index (χ4n) is 1.58. The Bertz CT molecular complexity index is 567. The zero-order valence-electron chi connectivity index (χ0n) is 12.4. The summed E-state index contributed by atoms with van der Waals surface area (Å²) in [6, 6.07) is 2.13. The van der Waals surface area contributed by atoms with E-state index in [-0.39, 0.29) is 22.3 Å². The van der Waals surface area contributed by atoms with Crippen LogP contribution in [-0.4, -0.2) is 25.1 Å². The highest BCUT2D eigenvalue weighted by molar-refractivity contribution is 7.99. The number of unbranched alkanes of at least 4 members (excludes halogenated alkanes) is 2. The smallest absolute Gasteiger partial charge is 0.398 e. The van der Waals surface area contributed by atoms with Crippen molar-refractivity contribution in [1.82, 2.24) is 0 Å². The average molecular weight is 404 g/mol. The van der Waals surface area contributed by atoms with Crippen LogP contribution in [0.4, 0.5) is 17.6 Å². The van der Waals surface area contributed by atoms with Crippen LogP contribution in [0.25, 0.3) is 0 Å². The maximum absolute atomic E-state index is 13.7. The van der Waals surface area contributed by atoms with E-state index < -0.39 is 17.7 Å². The number of alkyl halides is 3. The van der Waals surface area contributed by atoms with Crippen molar-refractivity contribution in [3.8, 4) is 11.2 Å². The number of nitriles is 1. The first-order valence-corrected chi connectivity index (χ1v) is 8.93. The summed E-state index contributed by atoms with van der Waals surface area (Å²) in [5.41, 5.74) is 0. The molecule has 0 aliphatic carbocycles. The molecule has 0 spiro atoms. The number of hydrogen-bond donors (Lipinski definition) is 0. The monoisotopic (exact) mass is 403 g/mol. The molecule has 0 amide bonds. The zero-order chi connectivity index (χ0) is 18.0. The van der Waals surface area contributed by atoms with Gasteiger partial charge < -0.3 is 8.92 Å². The van der Waals surface area contributed by atoms with Gasteiger partial charge in [-0.15, -0.1) is 11.8 Å². The van der Waals surface area contributed by atoms with Crippen molar-refractivity contribution in [3.63, 3.8) is 0 Å². The van der Waals surface area contributed by atoms with Gasteiger partial charge in [0, 0.05) is 4.90 Å². The normalized spacial score (nSPS) is 11.3. The van der Waals surface area contributed by atoms with Gasteiger partial charge in [0.25, 0.3) is 0 Å². The largest absolute Gasteiger partial charge is 0.490 e. The van der Waals surface area contributed by atoms with Gasteiger partial charge in [-0.2, -0.15) is 18.4 Å². The Morgan fingerprint density at radius 1 is 1.17 bits per heavy atom. The van der Waals surface area contributed by atoms with E-state index in [9.17, 15) is 17.6 Å². The summed E-state index contributed by atoms with van der Waals surface area (Å²) in [5.74, 6) is -1.95. The number of benzene rings is 1. The summed E-state index contributed by atoms with van der Waals surface area (Å²) >= 11 is 6.94. The maximum atomic E-state index is 13.7. The van der Waals surface area contributed by atoms with Crippen molar-refractivity contribution < 1.29 is 26.5 Å². The Kier molecular flexibility index (Phi) is 9.66. The molecule has 134 valence electrons. The predicted octanol–water partition coefficient (Wildman–Crippen LogP) is 5.83. The molecule has 0 fully saturated rings. The van der Waals surface area contributed by atoms with Crippen LogP contribution in [0.1, 0.15) is 19.3 Å². The van der Waals surface area contributed by atoms with Gasteiger partial charge in [0.1, 0.15) is 12.0 Å². The van der Waals surface area contributed by atoms with Crippen LogP contribution in [0.15, 0.2) is 17.0 Å². The summed E-state index contributed by atoms with van der Waals surface area (Å²) in [6.45, 7) is 0.638. The highest BCUT2D eigenvalue weighted by Gasteiger charge is 2.28. The van der Waals surface area contributed by atoms with Gasteiger partial charge in [0.05, 0.1) is 24.0 Å². The third kappa shape index (κ3) is 8.87. The first-order valence-electron chi connectivity index (χ1n) is 6.82. The summed E-state index contributed by atoms with van der Waals surface area (Å²) in [7, 11) is 0. The molecule has 0 radical (unpaired) electrons. The van der Waals surface area contributed by atoms with Gasteiger partial charge in [-0.3, -0.25) is 0 Å². The summed E-state index contributed by atoms with van der Waals surface area (Å²) < 4.78 is 60.6. The van der Waals surface area contributed by atoms with E-state index in [1.807, 2.05) is 0 Å². The Morgan fingerprint density at radius 2 is 1.88 bits per heavy atom. The molecule has 0 saturated carbocycles. The Hall–Kier alpha value is -0.820. The highest BCUT2D eigenvalue weighted by atomic mass is 35.5. The van der Waals surface area contributed by atoms with Crippen molar-refractivity contribution in [2.75, 3.05) is 19.0 Å². The minimum atomic E-state index is -4.34. The molecule has 1 aromatic carbocycles. The second kappa shape index (κ2) is 10.9. The second-order valence-corrected chi connectivity index (χ2v) is 6.53. The molecule has 3 nitrogen and oxygen atoms in total. The number of halogens is 5. The van der Waals surface area contributed by atoms with Crippen LogP contribution in [0, 0.1) is 16.5 Å². The molecule has 1 rings (SSSR count). The first-order chi connectivity index (χ1) is 11.3. The topological polar surface area (TPSA) is 42.2 Å². The molecule has 10 heteroatoms. The lowest BCUT2D eigenvalue weighted by molar-refractivity contribution is -0.105. The molecule has 0 bridgehead atoms. The fraction of sp³-hybridized carbons (Fsp3) is 0.500. The molecule has 24 heavy (non-hydrogen) atoms. The lowest BCUT2D eigenvalue weighted by atomic mass is 10.2. The Morgan fingerprint density at radius 3 is 2.54 bits per heavy atom. The van der Waals surface area contributed by atoms with Gasteiger partial charge in [-0.1, -0.05) is 11.6 Å². The number of hydrogen-bond acceptors (Lipinski definition) is 5. The van der Waals surface area contributed by atoms with E-state index in [2.05, 4.69) is 0 Å². The van der Waals surface area contributed by atoms with Crippen LogP contribution in [-0.2, 0) is 4.18 Å². The van der Waals surface area contributed by atoms with Crippen molar-refractivity contribution >= 4 is 35.4 Å². The molecule has 1 aromatic rings. The average Bonchev–Trinajstić information content (AvgIpc) is 2.49. The van der Waals surface area contributed by atoms with E-state index in [1.54, 1.807) is 5.40 Å². The van der Waals surface area contributed by atoms with Gasteiger partial charge in [0.2, 0.25) is 0 Å². The zero-order valence-corrected chi connectivity index (χ0v) is 14.8. The van der Waals surface area contributed by atoms with Crippen LogP contribution in [0.2, 0.25) is 5.02 Å². The molecule has 0 aromatic heterocycles. The molecular weight excluding hydrogens is 390 g/mol. The van der Waals surface area contributed by atoms with E-state index >= 15 is 0 Å². The molecule has 0 heterocycles. The van der Waals surface area contributed by atoms with Gasteiger partial charge in [-0.05, 0) is 31.4 Å². The predicted molar refractivity (Wildman–Crippen MR) is 86.7 cm³/mol. The minimum absolute atomic E-state index is 0.0822. The van der Waals surface area contributed by atoms with Crippen LogP contribution >= 0.6 is 35.4 Å². The minimum Gasteiger partial charge on any atom is -0.490 e. The Balaban J connectivity index is 2.43. The van der Waals surface area contributed by atoms with Crippen molar-refractivity contribution in [3.05, 3.63) is 23.0 Å². The summed E-state index contributed by atoms with van der Waals surface area (Å²) in [5, 5.41) is 9.93. The number of ether oxygens (including phenoxy) is 1. The van der Waals surface area contributed by atoms with E-state index in [0.717, 1.165) is 12.5 Å². The van der Waals surface area contributed by atoms with E-state index in [1.165, 1.54) is 6.07 Å². The van der Waals surface area contributed by atoms with Crippen molar-refractivity contribution in [2.45, 2.75) is 30.3 Å². The van der Waals surface area contributed by atoms with Crippen LogP contribution < -0.4 is 4.74 Å².